The molecule has 0 radical (unpaired) electrons. The van der Waals surface area contributed by atoms with Gasteiger partial charge in [0.1, 0.15) is 5.82 Å². The summed E-state index contributed by atoms with van der Waals surface area (Å²) >= 11 is 5.90. The van der Waals surface area contributed by atoms with Gasteiger partial charge in [0.05, 0.1) is 0 Å². The normalized spacial score (nSPS) is 17.8. The maximum Gasteiger partial charge on any atom is 0.222 e. The van der Waals surface area contributed by atoms with E-state index in [-0.39, 0.29) is 5.91 Å². The fourth-order valence-electron chi connectivity index (χ4n) is 3.21. The summed E-state index contributed by atoms with van der Waals surface area (Å²) in [5.41, 5.74) is 2.20. The lowest BCUT2D eigenvalue weighted by atomic mass is 9.94. The van der Waals surface area contributed by atoms with E-state index >= 15 is 0 Å². The van der Waals surface area contributed by atoms with Gasteiger partial charge >= 0.3 is 0 Å². The Bertz CT molecular complexity index is 702. The first-order valence-corrected chi connectivity index (χ1v) is 8.81. The number of amides is 1. The Hall–Kier alpha value is -1.94. The Morgan fingerprint density at radius 2 is 2.08 bits per heavy atom. The Morgan fingerprint density at radius 3 is 2.83 bits per heavy atom. The number of likely N-dealkylation sites (tertiary alicyclic amines) is 1. The number of carbonyl (C=O) groups excluding carboxylic acids is 1. The van der Waals surface area contributed by atoms with Crippen LogP contribution in [0.25, 0.3) is 0 Å². The van der Waals surface area contributed by atoms with Crippen LogP contribution in [0.5, 0.6) is 0 Å². The van der Waals surface area contributed by atoms with Crippen LogP contribution in [0.3, 0.4) is 0 Å². The highest BCUT2D eigenvalue weighted by Crippen LogP contribution is 2.26. The van der Waals surface area contributed by atoms with Crippen molar-refractivity contribution in [3.05, 3.63) is 58.6 Å². The first-order valence-electron chi connectivity index (χ1n) is 8.43. The zero-order valence-electron chi connectivity index (χ0n) is 13.9. The standard InChI is InChI=1S/C19H22ClN3O/c1-14-21-11-10-18(22-14)16-3-2-12-23(13-16)19(24)9-6-15-4-7-17(20)8-5-15/h4-5,7-8,10-11,16H,2-3,6,9,12-13H2,1H3. The van der Waals surface area contributed by atoms with Crippen LogP contribution < -0.4 is 0 Å². The first-order chi connectivity index (χ1) is 11.6. The van der Waals surface area contributed by atoms with Gasteiger partial charge in [-0.2, -0.15) is 0 Å². The van der Waals surface area contributed by atoms with Crippen molar-refractivity contribution in [2.45, 2.75) is 38.5 Å². The Morgan fingerprint density at radius 1 is 1.29 bits per heavy atom. The lowest BCUT2D eigenvalue weighted by Crippen LogP contribution is -2.39. The quantitative estimate of drug-likeness (QED) is 0.848. The Balaban J connectivity index is 1.57. The molecule has 0 saturated carbocycles. The number of hydrogen-bond acceptors (Lipinski definition) is 3. The van der Waals surface area contributed by atoms with Gasteiger partial charge in [0.25, 0.3) is 0 Å². The van der Waals surface area contributed by atoms with Crippen LogP contribution in [-0.2, 0) is 11.2 Å². The molecule has 0 aliphatic carbocycles. The maximum atomic E-state index is 12.5. The van der Waals surface area contributed by atoms with Gasteiger partial charge in [-0.1, -0.05) is 23.7 Å². The third-order valence-corrected chi connectivity index (χ3v) is 4.78. The third kappa shape index (κ3) is 4.32. The van der Waals surface area contributed by atoms with Crippen molar-refractivity contribution in [2.24, 2.45) is 0 Å². The van der Waals surface area contributed by atoms with Crippen molar-refractivity contribution >= 4 is 17.5 Å². The molecule has 1 aromatic heterocycles. The van der Waals surface area contributed by atoms with Gasteiger partial charge in [0.15, 0.2) is 0 Å². The lowest BCUT2D eigenvalue weighted by molar-refractivity contribution is -0.132. The number of carbonyl (C=O) groups is 1. The summed E-state index contributed by atoms with van der Waals surface area (Å²) in [5, 5.41) is 0.726. The summed E-state index contributed by atoms with van der Waals surface area (Å²) in [6.07, 6.45) is 5.21. The molecule has 1 aliphatic rings. The number of aromatic nitrogens is 2. The number of benzene rings is 1. The van der Waals surface area contributed by atoms with Gasteiger partial charge < -0.3 is 4.90 Å². The second-order valence-electron chi connectivity index (χ2n) is 6.33. The summed E-state index contributed by atoms with van der Waals surface area (Å²) in [5.74, 6) is 1.33. The van der Waals surface area contributed by atoms with Crippen LogP contribution in [0.15, 0.2) is 36.5 Å². The molecule has 1 amide bonds. The van der Waals surface area contributed by atoms with Crippen LogP contribution in [0.4, 0.5) is 0 Å². The minimum atomic E-state index is 0.223. The van der Waals surface area contributed by atoms with Crippen molar-refractivity contribution in [3.63, 3.8) is 0 Å². The molecule has 24 heavy (non-hydrogen) atoms. The molecule has 1 fully saturated rings. The zero-order valence-corrected chi connectivity index (χ0v) is 14.7. The van der Waals surface area contributed by atoms with E-state index in [0.717, 1.165) is 54.5 Å². The van der Waals surface area contributed by atoms with Gasteiger partial charge in [-0.15, -0.1) is 0 Å². The molecule has 1 saturated heterocycles. The molecule has 1 atom stereocenters. The minimum Gasteiger partial charge on any atom is -0.342 e. The number of halogens is 1. The molecule has 5 heteroatoms. The van der Waals surface area contributed by atoms with E-state index in [1.807, 2.05) is 42.2 Å². The molecular weight excluding hydrogens is 322 g/mol. The van der Waals surface area contributed by atoms with E-state index in [2.05, 4.69) is 9.97 Å². The predicted octanol–water partition coefficient (Wildman–Crippen LogP) is 3.78. The summed E-state index contributed by atoms with van der Waals surface area (Å²) in [6, 6.07) is 9.68. The molecule has 0 bridgehead atoms. The SMILES string of the molecule is Cc1nccc(C2CCCN(C(=O)CCc3ccc(Cl)cc3)C2)n1. The van der Waals surface area contributed by atoms with Crippen molar-refractivity contribution in [2.75, 3.05) is 13.1 Å². The molecule has 1 aromatic carbocycles. The van der Waals surface area contributed by atoms with Crippen molar-refractivity contribution in [1.82, 2.24) is 14.9 Å². The van der Waals surface area contributed by atoms with Gasteiger partial charge in [0.2, 0.25) is 5.91 Å². The first kappa shape index (κ1) is 16.9. The minimum absolute atomic E-state index is 0.223. The molecule has 126 valence electrons. The van der Waals surface area contributed by atoms with Gasteiger partial charge in [-0.25, -0.2) is 9.97 Å². The topological polar surface area (TPSA) is 46.1 Å². The predicted molar refractivity (Wildman–Crippen MR) is 95.1 cm³/mol. The highest BCUT2D eigenvalue weighted by atomic mass is 35.5. The largest absolute Gasteiger partial charge is 0.342 e. The van der Waals surface area contributed by atoms with Crippen LogP contribution in [0, 0.1) is 6.92 Å². The molecule has 1 unspecified atom stereocenters. The van der Waals surface area contributed by atoms with Crippen LogP contribution in [0.2, 0.25) is 5.02 Å². The molecule has 2 aromatic rings. The summed E-state index contributed by atoms with van der Waals surface area (Å²) in [6.45, 7) is 3.51. The molecule has 3 rings (SSSR count). The fourth-order valence-corrected chi connectivity index (χ4v) is 3.33. The highest BCUT2D eigenvalue weighted by Gasteiger charge is 2.25. The molecular formula is C19H22ClN3O. The second-order valence-corrected chi connectivity index (χ2v) is 6.77. The van der Waals surface area contributed by atoms with Crippen molar-refractivity contribution < 1.29 is 4.79 Å². The number of rotatable bonds is 4. The second kappa shape index (κ2) is 7.75. The number of hydrogen-bond donors (Lipinski definition) is 0. The van der Waals surface area contributed by atoms with Crippen LogP contribution in [-0.4, -0.2) is 33.9 Å². The van der Waals surface area contributed by atoms with Gasteiger partial charge in [-0.3, -0.25) is 4.79 Å². The lowest BCUT2D eigenvalue weighted by Gasteiger charge is -2.32. The highest BCUT2D eigenvalue weighted by molar-refractivity contribution is 6.30. The number of aryl methyl sites for hydroxylation is 2. The van der Waals surface area contributed by atoms with E-state index in [9.17, 15) is 4.79 Å². The van der Waals surface area contributed by atoms with E-state index in [4.69, 9.17) is 11.6 Å². The van der Waals surface area contributed by atoms with Crippen LogP contribution >= 0.6 is 11.6 Å². The van der Waals surface area contributed by atoms with Crippen molar-refractivity contribution in [3.8, 4) is 0 Å². The third-order valence-electron chi connectivity index (χ3n) is 4.53. The van der Waals surface area contributed by atoms with Gasteiger partial charge in [-0.05, 0) is 49.9 Å². The van der Waals surface area contributed by atoms with E-state index in [0.29, 0.717) is 12.3 Å². The summed E-state index contributed by atoms with van der Waals surface area (Å²) in [4.78, 5) is 23.2. The molecule has 4 nitrogen and oxygen atoms in total. The maximum absolute atomic E-state index is 12.5. The van der Waals surface area contributed by atoms with Crippen molar-refractivity contribution in [1.29, 1.82) is 0 Å². The average molecular weight is 344 g/mol. The van der Waals surface area contributed by atoms with E-state index < -0.39 is 0 Å². The van der Waals surface area contributed by atoms with Crippen LogP contribution in [0.1, 0.15) is 42.3 Å². The van der Waals surface area contributed by atoms with Gasteiger partial charge in [0, 0.05) is 42.3 Å². The Labute approximate surface area is 147 Å². The monoisotopic (exact) mass is 343 g/mol. The summed E-state index contributed by atoms with van der Waals surface area (Å²) in [7, 11) is 0. The number of piperidine rings is 1. The molecule has 0 spiro atoms. The number of nitrogens with zero attached hydrogens (tertiary/aromatic N) is 3. The van der Waals surface area contributed by atoms with E-state index in [1.165, 1.54) is 0 Å². The van der Waals surface area contributed by atoms with E-state index in [1.54, 1.807) is 6.20 Å². The zero-order chi connectivity index (χ0) is 16.9. The summed E-state index contributed by atoms with van der Waals surface area (Å²) < 4.78 is 0. The fraction of sp³-hybridized carbons (Fsp3) is 0.421. The average Bonchev–Trinajstić information content (AvgIpc) is 2.61. The Kier molecular flexibility index (Phi) is 5.46. The smallest absolute Gasteiger partial charge is 0.222 e. The molecule has 2 heterocycles. The molecule has 1 aliphatic heterocycles. The molecule has 0 N–H and O–H groups in total.